The molecule has 0 bridgehead atoms. The van der Waals surface area contributed by atoms with Gasteiger partial charge in [0.2, 0.25) is 0 Å². The van der Waals surface area contributed by atoms with Crippen molar-refractivity contribution < 1.29 is 14.3 Å². The number of rotatable bonds is 7. The van der Waals surface area contributed by atoms with E-state index in [-0.39, 0.29) is 5.56 Å². The summed E-state index contributed by atoms with van der Waals surface area (Å²) in [7, 11) is 0. The fourth-order valence-corrected chi connectivity index (χ4v) is 2.13. The zero-order chi connectivity index (χ0) is 14.5. The van der Waals surface area contributed by atoms with Gasteiger partial charge in [-0.3, -0.25) is 4.68 Å². The van der Waals surface area contributed by atoms with E-state index in [0.29, 0.717) is 12.3 Å². The highest BCUT2D eigenvalue weighted by molar-refractivity contribution is 5.88. The highest BCUT2D eigenvalue weighted by Crippen LogP contribution is 2.10. The summed E-state index contributed by atoms with van der Waals surface area (Å²) < 4.78 is 7.13. The van der Waals surface area contributed by atoms with Crippen molar-refractivity contribution in [3.8, 4) is 0 Å². The van der Waals surface area contributed by atoms with Gasteiger partial charge in [0.1, 0.15) is 11.3 Å². The molecule has 0 saturated heterocycles. The molecule has 6 heteroatoms. The average Bonchev–Trinajstić information content (AvgIpc) is 2.96. The van der Waals surface area contributed by atoms with Crippen LogP contribution in [0.1, 0.15) is 33.9 Å². The number of aryl methyl sites for hydroxylation is 3. The zero-order valence-corrected chi connectivity index (χ0v) is 11.7. The molecule has 0 aliphatic heterocycles. The van der Waals surface area contributed by atoms with Gasteiger partial charge in [0, 0.05) is 12.2 Å². The van der Waals surface area contributed by atoms with Gasteiger partial charge in [-0.25, -0.2) is 4.79 Å². The monoisotopic (exact) mass is 277 g/mol. The third-order valence-corrected chi connectivity index (χ3v) is 3.09. The van der Waals surface area contributed by atoms with Gasteiger partial charge in [0.25, 0.3) is 0 Å². The van der Waals surface area contributed by atoms with Gasteiger partial charge in [-0.2, -0.15) is 5.10 Å². The SMILES string of the molecule is Cc1cc(C)n(CCCNCc2occc2C(=O)O)n1. The second-order valence-electron chi connectivity index (χ2n) is 4.74. The Kier molecular flexibility index (Phi) is 4.57. The molecule has 0 amide bonds. The number of aromatic nitrogens is 2. The molecule has 0 fully saturated rings. The first-order chi connectivity index (χ1) is 9.58. The largest absolute Gasteiger partial charge is 0.478 e. The number of hydrogen-bond donors (Lipinski definition) is 2. The van der Waals surface area contributed by atoms with Gasteiger partial charge in [-0.1, -0.05) is 0 Å². The molecular weight excluding hydrogens is 258 g/mol. The lowest BCUT2D eigenvalue weighted by atomic mass is 10.2. The topological polar surface area (TPSA) is 80.3 Å². The van der Waals surface area contributed by atoms with Crippen molar-refractivity contribution in [3.63, 3.8) is 0 Å². The van der Waals surface area contributed by atoms with Crippen molar-refractivity contribution in [1.82, 2.24) is 15.1 Å². The lowest BCUT2D eigenvalue weighted by Gasteiger charge is -2.06. The van der Waals surface area contributed by atoms with Crippen molar-refractivity contribution in [2.75, 3.05) is 6.54 Å². The summed E-state index contributed by atoms with van der Waals surface area (Å²) in [6.07, 6.45) is 2.32. The number of hydrogen-bond acceptors (Lipinski definition) is 4. The van der Waals surface area contributed by atoms with Crippen LogP contribution in [0.4, 0.5) is 0 Å². The van der Waals surface area contributed by atoms with Crippen molar-refractivity contribution in [2.24, 2.45) is 0 Å². The van der Waals surface area contributed by atoms with E-state index in [1.807, 2.05) is 18.5 Å². The highest BCUT2D eigenvalue weighted by Gasteiger charge is 2.12. The van der Waals surface area contributed by atoms with Crippen LogP contribution < -0.4 is 5.32 Å². The van der Waals surface area contributed by atoms with E-state index < -0.39 is 5.97 Å². The minimum atomic E-state index is -0.960. The molecule has 2 aromatic rings. The van der Waals surface area contributed by atoms with Gasteiger partial charge in [-0.15, -0.1) is 0 Å². The fraction of sp³-hybridized carbons (Fsp3) is 0.429. The summed E-state index contributed by atoms with van der Waals surface area (Å²) in [5.74, 6) is -0.498. The molecule has 2 N–H and O–H groups in total. The lowest BCUT2D eigenvalue weighted by Crippen LogP contribution is -2.18. The van der Waals surface area contributed by atoms with Gasteiger partial charge in [0.05, 0.1) is 18.5 Å². The first kappa shape index (κ1) is 14.3. The molecule has 0 saturated carbocycles. The molecule has 0 spiro atoms. The highest BCUT2D eigenvalue weighted by atomic mass is 16.4. The number of carboxylic acid groups (broad SMARTS) is 1. The molecule has 108 valence electrons. The van der Waals surface area contributed by atoms with Crippen LogP contribution >= 0.6 is 0 Å². The van der Waals surface area contributed by atoms with Crippen LogP contribution in [0, 0.1) is 13.8 Å². The number of nitrogens with one attached hydrogen (secondary N) is 1. The summed E-state index contributed by atoms with van der Waals surface area (Å²) in [4.78, 5) is 10.9. The first-order valence-corrected chi connectivity index (χ1v) is 6.59. The van der Waals surface area contributed by atoms with Crippen LogP contribution in [0.15, 0.2) is 22.8 Å². The standard InChI is InChI=1S/C14H19N3O3/c1-10-8-11(2)17(16-10)6-3-5-15-9-13-12(14(18)19)4-7-20-13/h4,7-8,15H,3,5-6,9H2,1-2H3,(H,18,19). The molecule has 0 aliphatic carbocycles. The second kappa shape index (κ2) is 6.38. The molecule has 2 rings (SSSR count). The van der Waals surface area contributed by atoms with Crippen LogP contribution in [0.25, 0.3) is 0 Å². The Balaban J connectivity index is 1.73. The molecule has 20 heavy (non-hydrogen) atoms. The predicted octanol–water partition coefficient (Wildman–Crippen LogP) is 1.97. The van der Waals surface area contributed by atoms with Crippen LogP contribution in [-0.2, 0) is 13.1 Å². The van der Waals surface area contributed by atoms with Gasteiger partial charge < -0.3 is 14.8 Å². The Bertz CT molecular complexity index is 586. The minimum Gasteiger partial charge on any atom is -0.478 e. The number of carboxylic acids is 1. The number of carbonyl (C=O) groups is 1. The van der Waals surface area contributed by atoms with Crippen molar-refractivity contribution >= 4 is 5.97 Å². The van der Waals surface area contributed by atoms with Crippen molar-refractivity contribution in [2.45, 2.75) is 33.4 Å². The Morgan fingerprint density at radius 1 is 1.50 bits per heavy atom. The molecule has 0 aliphatic rings. The zero-order valence-electron chi connectivity index (χ0n) is 11.7. The van der Waals surface area contributed by atoms with Gasteiger partial charge in [-0.05, 0) is 38.9 Å². The molecule has 0 unspecified atom stereocenters. The summed E-state index contributed by atoms with van der Waals surface area (Å²) >= 11 is 0. The summed E-state index contributed by atoms with van der Waals surface area (Å²) in [6.45, 7) is 6.06. The maximum atomic E-state index is 10.9. The Hall–Kier alpha value is -2.08. The maximum absolute atomic E-state index is 10.9. The third-order valence-electron chi connectivity index (χ3n) is 3.09. The number of furan rings is 1. The quantitative estimate of drug-likeness (QED) is 0.756. The second-order valence-corrected chi connectivity index (χ2v) is 4.74. The van der Waals surface area contributed by atoms with Crippen LogP contribution in [0.5, 0.6) is 0 Å². The van der Waals surface area contributed by atoms with E-state index >= 15 is 0 Å². The van der Waals surface area contributed by atoms with E-state index in [4.69, 9.17) is 9.52 Å². The fourth-order valence-electron chi connectivity index (χ4n) is 2.13. The molecule has 2 heterocycles. The molecule has 0 aromatic carbocycles. The Morgan fingerprint density at radius 2 is 2.30 bits per heavy atom. The predicted molar refractivity (Wildman–Crippen MR) is 73.7 cm³/mol. The summed E-state index contributed by atoms with van der Waals surface area (Å²) in [5.41, 5.74) is 2.40. The van der Waals surface area contributed by atoms with Crippen molar-refractivity contribution in [3.05, 3.63) is 41.1 Å². The van der Waals surface area contributed by atoms with E-state index in [9.17, 15) is 4.79 Å². The van der Waals surface area contributed by atoms with Crippen molar-refractivity contribution in [1.29, 1.82) is 0 Å². The van der Waals surface area contributed by atoms with Gasteiger partial charge in [0.15, 0.2) is 0 Å². The Morgan fingerprint density at radius 3 is 2.95 bits per heavy atom. The smallest absolute Gasteiger partial charge is 0.339 e. The van der Waals surface area contributed by atoms with Gasteiger partial charge >= 0.3 is 5.97 Å². The average molecular weight is 277 g/mol. The number of aromatic carboxylic acids is 1. The normalized spacial score (nSPS) is 10.9. The van der Waals surface area contributed by atoms with E-state index in [1.165, 1.54) is 12.3 Å². The molecule has 2 aromatic heterocycles. The van der Waals surface area contributed by atoms with E-state index in [1.54, 1.807) is 0 Å². The van der Waals surface area contributed by atoms with Crippen LogP contribution in [0.2, 0.25) is 0 Å². The third kappa shape index (κ3) is 3.48. The van der Waals surface area contributed by atoms with E-state index in [0.717, 1.165) is 30.9 Å². The maximum Gasteiger partial charge on any atom is 0.339 e. The molecule has 0 atom stereocenters. The first-order valence-electron chi connectivity index (χ1n) is 6.59. The molecular formula is C14H19N3O3. The number of nitrogens with zero attached hydrogens (tertiary/aromatic N) is 2. The Labute approximate surface area is 117 Å². The minimum absolute atomic E-state index is 0.219. The van der Waals surface area contributed by atoms with Crippen LogP contribution in [-0.4, -0.2) is 27.4 Å². The molecule has 6 nitrogen and oxygen atoms in total. The van der Waals surface area contributed by atoms with E-state index in [2.05, 4.69) is 16.5 Å². The lowest BCUT2D eigenvalue weighted by molar-refractivity contribution is 0.0694. The summed E-state index contributed by atoms with van der Waals surface area (Å²) in [5, 5.41) is 16.5. The summed E-state index contributed by atoms with van der Waals surface area (Å²) in [6, 6.07) is 3.52. The van der Waals surface area contributed by atoms with Crippen LogP contribution in [0.3, 0.4) is 0 Å². The molecule has 0 radical (unpaired) electrons.